The van der Waals surface area contributed by atoms with Gasteiger partial charge in [0, 0.05) is 37.7 Å². The van der Waals surface area contributed by atoms with E-state index in [9.17, 15) is 4.79 Å². The van der Waals surface area contributed by atoms with Gasteiger partial charge < -0.3 is 15.2 Å². The van der Waals surface area contributed by atoms with Crippen LogP contribution in [0.5, 0.6) is 0 Å². The molecule has 27 heavy (non-hydrogen) atoms. The van der Waals surface area contributed by atoms with E-state index in [0.717, 1.165) is 11.3 Å². The van der Waals surface area contributed by atoms with E-state index >= 15 is 0 Å². The van der Waals surface area contributed by atoms with Crippen LogP contribution in [0.25, 0.3) is 22.6 Å². The number of amides is 1. The van der Waals surface area contributed by atoms with Gasteiger partial charge in [0.05, 0.1) is 23.0 Å². The fourth-order valence-electron chi connectivity index (χ4n) is 2.79. The summed E-state index contributed by atoms with van der Waals surface area (Å²) >= 11 is 0. The number of benzene rings is 1. The summed E-state index contributed by atoms with van der Waals surface area (Å²) in [4.78, 5) is 30.8. The molecule has 0 radical (unpaired) electrons. The third-order valence-electron chi connectivity index (χ3n) is 4.21. The van der Waals surface area contributed by atoms with Gasteiger partial charge >= 0.3 is 0 Å². The van der Waals surface area contributed by atoms with Crippen molar-refractivity contribution in [2.75, 3.05) is 24.3 Å². The van der Waals surface area contributed by atoms with Gasteiger partial charge in [-0.3, -0.25) is 9.78 Å². The van der Waals surface area contributed by atoms with Gasteiger partial charge in [0.15, 0.2) is 5.65 Å². The number of hydrogen-bond acceptors (Lipinski definition) is 5. The highest BCUT2D eigenvalue weighted by atomic mass is 16.1. The highest BCUT2D eigenvalue weighted by molar-refractivity contribution is 6.11. The van der Waals surface area contributed by atoms with E-state index in [1.807, 2.05) is 43.3 Å². The standard InChI is InChI=1S/C20H18N6O/c1-26(2)15-7-5-13(6-8-15)18-24-17-16(9-11-22-19(17)25-18)20(27)23-14-4-3-10-21-12-14/h3-12H,1-2H3,(H,23,27)(H,22,24,25). The number of H-pyrrole nitrogens is 1. The van der Waals surface area contributed by atoms with Gasteiger partial charge in [0.2, 0.25) is 0 Å². The predicted octanol–water partition coefficient (Wildman–Crippen LogP) is 3.34. The average molecular weight is 358 g/mol. The first-order chi connectivity index (χ1) is 13.1. The number of pyridine rings is 2. The molecule has 0 saturated heterocycles. The van der Waals surface area contributed by atoms with Gasteiger partial charge in [-0.15, -0.1) is 0 Å². The Kier molecular flexibility index (Phi) is 4.25. The lowest BCUT2D eigenvalue weighted by Crippen LogP contribution is -2.12. The molecule has 7 heteroatoms. The third-order valence-corrected chi connectivity index (χ3v) is 4.21. The van der Waals surface area contributed by atoms with Crippen LogP contribution >= 0.6 is 0 Å². The molecule has 7 nitrogen and oxygen atoms in total. The van der Waals surface area contributed by atoms with E-state index < -0.39 is 0 Å². The molecule has 2 N–H and O–H groups in total. The molecule has 0 atom stereocenters. The lowest BCUT2D eigenvalue weighted by atomic mass is 10.2. The molecule has 0 aliphatic heterocycles. The van der Waals surface area contributed by atoms with Gasteiger partial charge in [-0.1, -0.05) is 0 Å². The minimum Gasteiger partial charge on any atom is -0.378 e. The Bertz CT molecular complexity index is 1090. The first-order valence-corrected chi connectivity index (χ1v) is 8.45. The maximum atomic E-state index is 12.7. The van der Waals surface area contributed by atoms with Crippen molar-refractivity contribution < 1.29 is 4.79 Å². The monoisotopic (exact) mass is 358 g/mol. The lowest BCUT2D eigenvalue weighted by molar-refractivity contribution is 0.102. The van der Waals surface area contributed by atoms with Crippen molar-refractivity contribution in [1.82, 2.24) is 19.9 Å². The lowest BCUT2D eigenvalue weighted by Gasteiger charge is -2.12. The van der Waals surface area contributed by atoms with Crippen LogP contribution in [0.3, 0.4) is 0 Å². The smallest absolute Gasteiger partial charge is 0.258 e. The number of hydrogen-bond donors (Lipinski definition) is 2. The van der Waals surface area contributed by atoms with Gasteiger partial charge in [0.1, 0.15) is 5.82 Å². The highest BCUT2D eigenvalue weighted by Crippen LogP contribution is 2.24. The number of aromatic amines is 1. The molecule has 0 spiro atoms. The summed E-state index contributed by atoms with van der Waals surface area (Å²) in [6.45, 7) is 0. The Labute approximate surface area is 156 Å². The number of nitrogens with one attached hydrogen (secondary N) is 2. The quantitative estimate of drug-likeness (QED) is 0.584. The molecular formula is C20H18N6O. The Hall–Kier alpha value is -3.74. The number of carbonyl (C=O) groups is 1. The Morgan fingerprint density at radius 2 is 1.89 bits per heavy atom. The largest absolute Gasteiger partial charge is 0.378 e. The van der Waals surface area contributed by atoms with Crippen LogP contribution in [0.2, 0.25) is 0 Å². The maximum Gasteiger partial charge on any atom is 0.258 e. The van der Waals surface area contributed by atoms with Gasteiger partial charge in [-0.05, 0) is 42.5 Å². The molecule has 0 saturated carbocycles. The second-order valence-electron chi connectivity index (χ2n) is 6.28. The van der Waals surface area contributed by atoms with Crippen LogP contribution in [0.1, 0.15) is 10.4 Å². The molecular weight excluding hydrogens is 340 g/mol. The second-order valence-corrected chi connectivity index (χ2v) is 6.28. The van der Waals surface area contributed by atoms with Crippen LogP contribution in [0, 0.1) is 0 Å². The Morgan fingerprint density at radius 3 is 2.59 bits per heavy atom. The Morgan fingerprint density at radius 1 is 1.07 bits per heavy atom. The van der Waals surface area contributed by atoms with E-state index in [2.05, 4.69) is 25.3 Å². The molecule has 0 unspecified atom stereocenters. The normalized spacial score (nSPS) is 10.7. The molecule has 0 bridgehead atoms. The fraction of sp³-hybridized carbons (Fsp3) is 0.100. The predicted molar refractivity (Wildman–Crippen MR) is 106 cm³/mol. The van der Waals surface area contributed by atoms with Crippen molar-refractivity contribution in [3.05, 3.63) is 66.6 Å². The van der Waals surface area contributed by atoms with E-state index in [1.165, 1.54) is 0 Å². The SMILES string of the molecule is CN(C)c1ccc(-c2nc3nccc(C(=O)Nc4cccnc4)c3[nH]2)cc1. The number of nitrogens with zero attached hydrogens (tertiary/aromatic N) is 4. The van der Waals surface area contributed by atoms with Crippen LogP contribution in [0.15, 0.2) is 61.1 Å². The van der Waals surface area contributed by atoms with Crippen molar-refractivity contribution >= 4 is 28.4 Å². The zero-order chi connectivity index (χ0) is 18.8. The first kappa shape index (κ1) is 16.7. The van der Waals surface area contributed by atoms with Crippen molar-refractivity contribution in [1.29, 1.82) is 0 Å². The molecule has 1 amide bonds. The molecule has 4 aromatic rings. The van der Waals surface area contributed by atoms with E-state index in [0.29, 0.717) is 28.2 Å². The summed E-state index contributed by atoms with van der Waals surface area (Å²) in [5.74, 6) is 0.429. The zero-order valence-corrected chi connectivity index (χ0v) is 15.0. The fourth-order valence-corrected chi connectivity index (χ4v) is 2.79. The van der Waals surface area contributed by atoms with E-state index in [1.54, 1.807) is 36.8 Å². The van der Waals surface area contributed by atoms with Gasteiger partial charge in [0.25, 0.3) is 5.91 Å². The summed E-state index contributed by atoms with van der Waals surface area (Å²) in [7, 11) is 3.99. The molecule has 1 aromatic carbocycles. The van der Waals surface area contributed by atoms with E-state index in [-0.39, 0.29) is 5.91 Å². The summed E-state index contributed by atoms with van der Waals surface area (Å²) in [5.41, 5.74) is 4.24. The van der Waals surface area contributed by atoms with Crippen molar-refractivity contribution in [3.63, 3.8) is 0 Å². The van der Waals surface area contributed by atoms with Gasteiger partial charge in [-0.25, -0.2) is 9.97 Å². The van der Waals surface area contributed by atoms with Crippen LogP contribution in [-0.2, 0) is 0 Å². The zero-order valence-electron chi connectivity index (χ0n) is 15.0. The molecule has 134 valence electrons. The first-order valence-electron chi connectivity index (χ1n) is 8.45. The topological polar surface area (TPSA) is 86.8 Å². The second kappa shape index (κ2) is 6.87. The minimum absolute atomic E-state index is 0.242. The number of rotatable bonds is 4. The van der Waals surface area contributed by atoms with Crippen LogP contribution in [-0.4, -0.2) is 39.9 Å². The summed E-state index contributed by atoms with van der Waals surface area (Å²) in [5, 5.41) is 2.84. The minimum atomic E-state index is -0.242. The number of imidazole rings is 1. The number of aromatic nitrogens is 4. The van der Waals surface area contributed by atoms with Crippen molar-refractivity contribution in [2.45, 2.75) is 0 Å². The number of fused-ring (bicyclic) bond motifs is 1. The Balaban J connectivity index is 1.68. The van der Waals surface area contributed by atoms with Crippen molar-refractivity contribution in [2.24, 2.45) is 0 Å². The molecule has 0 aliphatic rings. The van der Waals surface area contributed by atoms with Crippen molar-refractivity contribution in [3.8, 4) is 11.4 Å². The molecule has 3 heterocycles. The van der Waals surface area contributed by atoms with Crippen LogP contribution < -0.4 is 10.2 Å². The maximum absolute atomic E-state index is 12.7. The van der Waals surface area contributed by atoms with E-state index in [4.69, 9.17) is 0 Å². The number of anilines is 2. The average Bonchev–Trinajstić information content (AvgIpc) is 3.13. The summed E-state index contributed by atoms with van der Waals surface area (Å²) < 4.78 is 0. The van der Waals surface area contributed by atoms with Crippen LogP contribution in [0.4, 0.5) is 11.4 Å². The van der Waals surface area contributed by atoms with Gasteiger partial charge in [-0.2, -0.15) is 0 Å². The molecule has 4 rings (SSSR count). The molecule has 0 fully saturated rings. The number of carbonyl (C=O) groups excluding carboxylic acids is 1. The molecule has 3 aromatic heterocycles. The third kappa shape index (κ3) is 3.35. The summed E-state index contributed by atoms with van der Waals surface area (Å²) in [6, 6.07) is 13.2. The highest BCUT2D eigenvalue weighted by Gasteiger charge is 2.15. The molecule has 0 aliphatic carbocycles. The summed E-state index contributed by atoms with van der Waals surface area (Å²) in [6.07, 6.45) is 4.84.